The van der Waals surface area contributed by atoms with Gasteiger partial charge in [-0.15, -0.1) is 11.6 Å². The summed E-state index contributed by atoms with van der Waals surface area (Å²) in [6.07, 6.45) is 10.8. The third-order valence-corrected chi connectivity index (χ3v) is 3.70. The number of hydrogen-bond acceptors (Lipinski definition) is 1. The van der Waals surface area contributed by atoms with Crippen LogP contribution in [0.5, 0.6) is 0 Å². The molecule has 0 saturated heterocycles. The Kier molecular flexibility index (Phi) is 7.41. The van der Waals surface area contributed by atoms with Crippen LogP contribution in [0.3, 0.4) is 0 Å². The van der Waals surface area contributed by atoms with Gasteiger partial charge >= 0.3 is 0 Å². The number of nitrogens with zero attached hydrogens (tertiary/aromatic N) is 1. The summed E-state index contributed by atoms with van der Waals surface area (Å²) in [6, 6.07) is 0.253. The Morgan fingerprint density at radius 2 is 1.94 bits per heavy atom. The van der Waals surface area contributed by atoms with Gasteiger partial charge in [0.15, 0.2) is 0 Å². The summed E-state index contributed by atoms with van der Waals surface area (Å²) in [5, 5.41) is 0. The lowest BCUT2D eigenvalue weighted by Crippen LogP contribution is -2.32. The number of hydrogen-bond donors (Lipinski definition) is 0. The zero-order valence-electron chi connectivity index (χ0n) is 11.8. The van der Waals surface area contributed by atoms with Crippen molar-refractivity contribution < 1.29 is 4.79 Å². The number of allylic oxidation sites excluding steroid dienone is 1. The van der Waals surface area contributed by atoms with Crippen LogP contribution in [-0.4, -0.2) is 22.7 Å². The van der Waals surface area contributed by atoms with E-state index in [9.17, 15) is 4.79 Å². The number of carbonyl (C=O) groups is 1. The number of alkyl halides is 1. The molecule has 1 rings (SSSR count). The summed E-state index contributed by atoms with van der Waals surface area (Å²) >= 11 is 5.65. The summed E-state index contributed by atoms with van der Waals surface area (Å²) < 4.78 is 0. The van der Waals surface area contributed by atoms with E-state index in [0.29, 0.717) is 12.3 Å². The molecule has 0 radical (unpaired) electrons. The fourth-order valence-corrected chi connectivity index (χ4v) is 2.53. The number of carbonyl (C=O) groups excluding carboxylic acids is 1. The lowest BCUT2D eigenvalue weighted by atomic mass is 9.95. The topological polar surface area (TPSA) is 20.3 Å². The Balaban J connectivity index is 2.55. The van der Waals surface area contributed by atoms with Crippen LogP contribution in [0.2, 0.25) is 0 Å². The summed E-state index contributed by atoms with van der Waals surface area (Å²) in [5.41, 5.74) is 1.45. The fraction of sp³-hybridized carbons (Fsp3) is 0.800. The molecule has 3 heteroatoms. The van der Waals surface area contributed by atoms with Gasteiger partial charge in [0.1, 0.15) is 0 Å². The molecule has 0 spiro atoms. The van der Waals surface area contributed by atoms with Gasteiger partial charge in [-0.3, -0.25) is 4.79 Å². The van der Waals surface area contributed by atoms with Crippen LogP contribution in [0.25, 0.3) is 0 Å². The van der Waals surface area contributed by atoms with E-state index in [0.717, 1.165) is 25.7 Å². The van der Waals surface area contributed by atoms with Crippen molar-refractivity contribution in [1.29, 1.82) is 0 Å². The average molecular weight is 272 g/mol. The molecule has 1 amide bonds. The molecular formula is C15H26ClNO. The van der Waals surface area contributed by atoms with Crippen molar-refractivity contribution in [3.63, 3.8) is 0 Å². The lowest BCUT2D eigenvalue weighted by Gasteiger charge is -2.26. The van der Waals surface area contributed by atoms with E-state index in [1.165, 1.54) is 24.8 Å². The van der Waals surface area contributed by atoms with Gasteiger partial charge in [-0.2, -0.15) is 0 Å². The highest BCUT2D eigenvalue weighted by Gasteiger charge is 2.16. The minimum absolute atomic E-state index is 0.244. The lowest BCUT2D eigenvalue weighted by molar-refractivity contribution is -0.130. The van der Waals surface area contributed by atoms with Gasteiger partial charge < -0.3 is 4.90 Å². The van der Waals surface area contributed by atoms with E-state index in [-0.39, 0.29) is 11.9 Å². The second kappa shape index (κ2) is 8.58. The minimum Gasteiger partial charge on any atom is -0.317 e. The highest BCUT2D eigenvalue weighted by atomic mass is 35.5. The van der Waals surface area contributed by atoms with Gasteiger partial charge in [0.25, 0.3) is 0 Å². The SMILES string of the molecule is CC(C)N(C=C1CCCCC1)C(=O)CCCCCl. The molecule has 2 nitrogen and oxygen atoms in total. The number of rotatable bonds is 6. The highest BCUT2D eigenvalue weighted by Crippen LogP contribution is 2.24. The molecule has 1 saturated carbocycles. The van der Waals surface area contributed by atoms with Gasteiger partial charge in [0, 0.05) is 24.5 Å². The summed E-state index contributed by atoms with van der Waals surface area (Å²) in [6.45, 7) is 4.17. The Labute approximate surface area is 116 Å². The molecular weight excluding hydrogens is 246 g/mol. The Bertz CT molecular complexity index is 278. The molecule has 0 bridgehead atoms. The molecule has 0 aromatic heterocycles. The molecule has 1 fully saturated rings. The number of unbranched alkanes of at least 4 members (excludes halogenated alkanes) is 1. The molecule has 0 aromatic rings. The van der Waals surface area contributed by atoms with Crippen molar-refractivity contribution in [3.8, 4) is 0 Å². The van der Waals surface area contributed by atoms with E-state index >= 15 is 0 Å². The van der Waals surface area contributed by atoms with Crippen LogP contribution in [0.1, 0.15) is 65.2 Å². The first-order valence-corrected chi connectivity index (χ1v) is 7.75. The molecule has 0 aromatic carbocycles. The first-order valence-electron chi connectivity index (χ1n) is 7.22. The van der Waals surface area contributed by atoms with Crippen LogP contribution in [0.15, 0.2) is 11.8 Å². The zero-order chi connectivity index (χ0) is 13.4. The quantitative estimate of drug-likeness (QED) is 0.515. The molecule has 0 aliphatic heterocycles. The second-order valence-electron chi connectivity index (χ2n) is 5.39. The van der Waals surface area contributed by atoms with Crippen LogP contribution in [-0.2, 0) is 4.79 Å². The van der Waals surface area contributed by atoms with Crippen molar-refractivity contribution in [2.45, 2.75) is 71.3 Å². The average Bonchev–Trinajstić information content (AvgIpc) is 2.37. The summed E-state index contributed by atoms with van der Waals surface area (Å²) in [4.78, 5) is 14.1. The predicted molar refractivity (Wildman–Crippen MR) is 77.7 cm³/mol. The minimum atomic E-state index is 0.244. The Hall–Kier alpha value is -0.500. The van der Waals surface area contributed by atoms with E-state index in [4.69, 9.17) is 11.6 Å². The third kappa shape index (κ3) is 5.43. The van der Waals surface area contributed by atoms with Gasteiger partial charge in [-0.25, -0.2) is 0 Å². The number of amides is 1. The maximum atomic E-state index is 12.2. The van der Waals surface area contributed by atoms with Crippen molar-refractivity contribution in [2.24, 2.45) is 0 Å². The molecule has 0 unspecified atom stereocenters. The molecule has 0 atom stereocenters. The standard InChI is InChI=1S/C15H26ClNO/c1-13(2)17(15(18)10-6-7-11-16)12-14-8-4-3-5-9-14/h12-13H,3-11H2,1-2H3. The fourth-order valence-electron chi connectivity index (χ4n) is 2.34. The van der Waals surface area contributed by atoms with Crippen molar-refractivity contribution in [1.82, 2.24) is 4.90 Å². The highest BCUT2D eigenvalue weighted by molar-refractivity contribution is 6.17. The van der Waals surface area contributed by atoms with Crippen LogP contribution < -0.4 is 0 Å². The molecule has 18 heavy (non-hydrogen) atoms. The monoisotopic (exact) mass is 271 g/mol. The maximum absolute atomic E-state index is 12.2. The van der Waals surface area contributed by atoms with Gasteiger partial charge in [0.2, 0.25) is 5.91 Å². The van der Waals surface area contributed by atoms with Crippen molar-refractivity contribution >= 4 is 17.5 Å². The molecule has 0 N–H and O–H groups in total. The second-order valence-corrected chi connectivity index (χ2v) is 5.77. The number of halogens is 1. The van der Waals surface area contributed by atoms with E-state index in [1.54, 1.807) is 0 Å². The molecule has 1 aliphatic carbocycles. The van der Waals surface area contributed by atoms with E-state index in [1.807, 2.05) is 4.90 Å². The third-order valence-electron chi connectivity index (χ3n) is 3.44. The zero-order valence-corrected chi connectivity index (χ0v) is 12.5. The van der Waals surface area contributed by atoms with Gasteiger partial charge in [0.05, 0.1) is 0 Å². The smallest absolute Gasteiger partial charge is 0.226 e. The maximum Gasteiger partial charge on any atom is 0.226 e. The van der Waals surface area contributed by atoms with E-state index in [2.05, 4.69) is 20.0 Å². The van der Waals surface area contributed by atoms with Crippen molar-refractivity contribution in [3.05, 3.63) is 11.8 Å². The Morgan fingerprint density at radius 3 is 2.50 bits per heavy atom. The molecule has 104 valence electrons. The molecule has 0 heterocycles. The van der Waals surface area contributed by atoms with Crippen LogP contribution in [0, 0.1) is 0 Å². The van der Waals surface area contributed by atoms with Crippen LogP contribution in [0.4, 0.5) is 0 Å². The summed E-state index contributed by atoms with van der Waals surface area (Å²) in [7, 11) is 0. The first-order chi connectivity index (χ1) is 8.65. The largest absolute Gasteiger partial charge is 0.317 e. The first kappa shape index (κ1) is 15.6. The summed E-state index contributed by atoms with van der Waals surface area (Å²) in [5.74, 6) is 0.893. The van der Waals surface area contributed by atoms with Gasteiger partial charge in [-0.1, -0.05) is 12.0 Å². The van der Waals surface area contributed by atoms with Crippen molar-refractivity contribution in [2.75, 3.05) is 5.88 Å². The molecule has 1 aliphatic rings. The van der Waals surface area contributed by atoms with Gasteiger partial charge in [-0.05, 0) is 52.4 Å². The normalized spacial score (nSPS) is 15.9. The predicted octanol–water partition coefficient (Wildman–Crippen LogP) is 4.48. The Morgan fingerprint density at radius 1 is 1.28 bits per heavy atom. The van der Waals surface area contributed by atoms with E-state index < -0.39 is 0 Å². The van der Waals surface area contributed by atoms with Crippen LogP contribution >= 0.6 is 11.6 Å².